The highest BCUT2D eigenvalue weighted by molar-refractivity contribution is 5.76. The van der Waals surface area contributed by atoms with Crippen molar-refractivity contribution in [1.82, 2.24) is 0 Å². The molecule has 78 valence electrons. The normalized spacial score (nSPS) is 57.1. The maximum Gasteiger partial charge on any atom is 0.307 e. The molecule has 0 aliphatic heterocycles. The fraction of sp³-hybridized carbons (Fsp3) is 0.917. The predicted molar refractivity (Wildman–Crippen MR) is 52.7 cm³/mol. The molecule has 1 N–H and O–H groups in total. The summed E-state index contributed by atoms with van der Waals surface area (Å²) in [6.45, 7) is 6.86. The summed E-state index contributed by atoms with van der Waals surface area (Å²) in [5.41, 5.74) is 0.667. The molecule has 3 rings (SSSR count). The van der Waals surface area contributed by atoms with E-state index in [-0.39, 0.29) is 11.3 Å². The molecule has 2 nitrogen and oxygen atoms in total. The van der Waals surface area contributed by atoms with E-state index in [0.717, 1.165) is 18.3 Å². The first kappa shape index (κ1) is 8.75. The van der Waals surface area contributed by atoms with Crippen molar-refractivity contribution >= 4 is 5.97 Å². The maximum absolute atomic E-state index is 11.0. The molecule has 3 saturated carbocycles. The van der Waals surface area contributed by atoms with E-state index in [9.17, 15) is 4.79 Å². The summed E-state index contributed by atoms with van der Waals surface area (Å²) in [5, 5.41) is 9.08. The van der Waals surface area contributed by atoms with Crippen molar-refractivity contribution < 1.29 is 9.90 Å². The van der Waals surface area contributed by atoms with Crippen LogP contribution in [0.1, 0.15) is 33.6 Å². The third-order valence-electron chi connectivity index (χ3n) is 5.57. The number of hydrogen-bond donors (Lipinski definition) is 1. The Bertz CT molecular complexity index is 320. The van der Waals surface area contributed by atoms with E-state index in [1.54, 1.807) is 0 Å². The summed E-state index contributed by atoms with van der Waals surface area (Å²) in [4.78, 5) is 11.0. The molecule has 0 aromatic heterocycles. The van der Waals surface area contributed by atoms with E-state index in [0.29, 0.717) is 11.3 Å². The Balaban J connectivity index is 1.81. The van der Waals surface area contributed by atoms with Crippen LogP contribution >= 0.6 is 0 Å². The largest absolute Gasteiger partial charge is 0.481 e. The molecule has 3 fully saturated rings. The minimum atomic E-state index is -0.559. The molecule has 0 heterocycles. The number of fused-ring (bicyclic) bond motifs is 2. The van der Waals surface area contributed by atoms with Gasteiger partial charge in [-0.2, -0.15) is 0 Å². The lowest BCUT2D eigenvalue weighted by Crippen LogP contribution is -2.10. The van der Waals surface area contributed by atoms with E-state index in [1.165, 1.54) is 6.42 Å². The second-order valence-electron chi connectivity index (χ2n) is 6.40. The Hall–Kier alpha value is -0.530. The van der Waals surface area contributed by atoms with Crippen LogP contribution in [0.5, 0.6) is 0 Å². The number of hydrogen-bond acceptors (Lipinski definition) is 1. The van der Waals surface area contributed by atoms with E-state index in [1.807, 2.05) is 0 Å². The van der Waals surface area contributed by atoms with Gasteiger partial charge in [-0.3, -0.25) is 4.79 Å². The van der Waals surface area contributed by atoms with Crippen LogP contribution in [0.4, 0.5) is 0 Å². The van der Waals surface area contributed by atoms with Gasteiger partial charge in [-0.05, 0) is 41.4 Å². The third kappa shape index (κ3) is 0.768. The van der Waals surface area contributed by atoms with E-state index >= 15 is 0 Å². The molecule has 0 radical (unpaired) electrons. The second-order valence-corrected chi connectivity index (χ2v) is 6.40. The van der Waals surface area contributed by atoms with Gasteiger partial charge in [0, 0.05) is 0 Å². The molecule has 2 heteroatoms. The van der Waals surface area contributed by atoms with Gasteiger partial charge >= 0.3 is 5.97 Å². The van der Waals surface area contributed by atoms with Gasteiger partial charge in [0.2, 0.25) is 0 Å². The van der Waals surface area contributed by atoms with Crippen LogP contribution in [0.3, 0.4) is 0 Å². The molecule has 0 saturated heterocycles. The molecule has 3 aliphatic rings. The van der Waals surface area contributed by atoms with Crippen molar-refractivity contribution in [1.29, 1.82) is 0 Å². The summed E-state index contributed by atoms with van der Waals surface area (Å²) in [6.07, 6.45) is 2.33. The number of carbonyl (C=O) groups is 1. The molecule has 1 unspecified atom stereocenters. The summed E-state index contributed by atoms with van der Waals surface area (Å²) in [7, 11) is 0. The molecular formula is C12H18O2. The van der Waals surface area contributed by atoms with Gasteiger partial charge in [0.1, 0.15) is 0 Å². The quantitative estimate of drug-likeness (QED) is 0.696. The molecular weight excluding hydrogens is 176 g/mol. The molecule has 14 heavy (non-hydrogen) atoms. The highest BCUT2D eigenvalue weighted by Gasteiger charge is 2.75. The van der Waals surface area contributed by atoms with Crippen molar-refractivity contribution in [3.63, 3.8) is 0 Å². The lowest BCUT2D eigenvalue weighted by atomic mass is 9.90. The second kappa shape index (κ2) is 2.02. The summed E-state index contributed by atoms with van der Waals surface area (Å²) >= 11 is 0. The maximum atomic E-state index is 11.0. The fourth-order valence-corrected chi connectivity index (χ4v) is 4.28. The zero-order valence-corrected chi connectivity index (χ0v) is 9.08. The molecule has 0 amide bonds. The molecule has 0 spiro atoms. The lowest BCUT2D eigenvalue weighted by molar-refractivity contribution is -0.139. The first-order valence-corrected chi connectivity index (χ1v) is 5.62. The van der Waals surface area contributed by atoms with Crippen LogP contribution in [0.25, 0.3) is 0 Å². The van der Waals surface area contributed by atoms with E-state index < -0.39 is 5.97 Å². The molecule has 3 aliphatic carbocycles. The molecule has 5 atom stereocenters. The van der Waals surface area contributed by atoms with Crippen molar-refractivity contribution in [3.05, 3.63) is 0 Å². The topological polar surface area (TPSA) is 37.3 Å². The Labute approximate surface area is 84.7 Å². The van der Waals surface area contributed by atoms with Crippen LogP contribution in [0, 0.1) is 34.5 Å². The van der Waals surface area contributed by atoms with Crippen LogP contribution in [-0.2, 0) is 4.79 Å². The summed E-state index contributed by atoms with van der Waals surface area (Å²) in [6, 6.07) is 0. The molecule has 0 aromatic carbocycles. The van der Waals surface area contributed by atoms with Gasteiger partial charge in [-0.1, -0.05) is 20.8 Å². The SMILES string of the molecule is CC1(C)[C@@H]2C[C@H]3C(C(=O)O)[C@@]3(C)C[C@@H]21. The number of aliphatic carboxylic acids is 1. The Morgan fingerprint density at radius 3 is 2.36 bits per heavy atom. The number of rotatable bonds is 1. The first-order chi connectivity index (χ1) is 6.39. The minimum absolute atomic E-state index is 0.0221. The van der Waals surface area contributed by atoms with Gasteiger partial charge < -0.3 is 5.11 Å². The standard InChI is InChI=1S/C12H18O2/c1-11(2)6-4-7-9(10(13)14)12(7,3)5-8(6)11/h6-9H,4-5H2,1-3H3,(H,13,14)/t6-,7+,8+,9?,12+/m1/s1. The Kier molecular flexibility index (Phi) is 1.27. The van der Waals surface area contributed by atoms with Gasteiger partial charge in [-0.25, -0.2) is 0 Å². The Morgan fingerprint density at radius 2 is 1.86 bits per heavy atom. The Morgan fingerprint density at radius 1 is 1.21 bits per heavy atom. The van der Waals surface area contributed by atoms with E-state index in [4.69, 9.17) is 5.11 Å². The monoisotopic (exact) mass is 194 g/mol. The average Bonchev–Trinajstić information content (AvgIpc) is 2.81. The van der Waals surface area contributed by atoms with Crippen molar-refractivity contribution in [3.8, 4) is 0 Å². The van der Waals surface area contributed by atoms with Gasteiger partial charge in [0.05, 0.1) is 5.92 Å². The van der Waals surface area contributed by atoms with Gasteiger partial charge in [0.25, 0.3) is 0 Å². The average molecular weight is 194 g/mol. The van der Waals surface area contributed by atoms with Crippen molar-refractivity contribution in [2.75, 3.05) is 0 Å². The molecule has 0 bridgehead atoms. The van der Waals surface area contributed by atoms with Crippen LogP contribution < -0.4 is 0 Å². The summed E-state index contributed by atoms with van der Waals surface area (Å²) in [5.74, 6) is 1.55. The van der Waals surface area contributed by atoms with Crippen LogP contribution in [-0.4, -0.2) is 11.1 Å². The lowest BCUT2D eigenvalue weighted by Gasteiger charge is -2.15. The van der Waals surface area contributed by atoms with Crippen LogP contribution in [0.15, 0.2) is 0 Å². The minimum Gasteiger partial charge on any atom is -0.481 e. The zero-order valence-electron chi connectivity index (χ0n) is 9.08. The zero-order chi connectivity index (χ0) is 10.3. The smallest absolute Gasteiger partial charge is 0.307 e. The number of carboxylic acids is 1. The predicted octanol–water partition coefficient (Wildman–Crippen LogP) is 2.39. The van der Waals surface area contributed by atoms with Crippen molar-refractivity contribution in [2.24, 2.45) is 34.5 Å². The highest BCUT2D eigenvalue weighted by Crippen LogP contribution is 2.78. The van der Waals surface area contributed by atoms with Crippen molar-refractivity contribution in [2.45, 2.75) is 33.6 Å². The highest BCUT2D eigenvalue weighted by atomic mass is 16.4. The van der Waals surface area contributed by atoms with Gasteiger partial charge in [-0.15, -0.1) is 0 Å². The van der Waals surface area contributed by atoms with E-state index in [2.05, 4.69) is 20.8 Å². The fourth-order valence-electron chi connectivity index (χ4n) is 4.28. The van der Waals surface area contributed by atoms with Crippen LogP contribution in [0.2, 0.25) is 0 Å². The van der Waals surface area contributed by atoms with Gasteiger partial charge in [0.15, 0.2) is 0 Å². The number of carboxylic acid groups (broad SMARTS) is 1. The summed E-state index contributed by atoms with van der Waals surface area (Å²) < 4.78 is 0. The first-order valence-electron chi connectivity index (χ1n) is 5.62. The third-order valence-corrected chi connectivity index (χ3v) is 5.57. The molecule has 0 aromatic rings.